The van der Waals surface area contributed by atoms with Crippen molar-refractivity contribution in [1.29, 1.82) is 0 Å². The number of benzene rings is 2. The zero-order chi connectivity index (χ0) is 50.8. The molecule has 3 atom stereocenters. The molecule has 12 aromatic rings. The summed E-state index contributed by atoms with van der Waals surface area (Å²) in [5.41, 5.74) is 7.80. The molecule has 0 aliphatic heterocycles. The van der Waals surface area contributed by atoms with Crippen molar-refractivity contribution in [3.8, 4) is 41.8 Å². The lowest BCUT2D eigenvalue weighted by atomic mass is 9.95. The maximum absolute atomic E-state index is 17.0. The first-order valence-electron chi connectivity index (χ1n) is 26.6. The molecule has 0 saturated carbocycles. The van der Waals surface area contributed by atoms with Gasteiger partial charge in [0.05, 0.1) is 59.7 Å². The van der Waals surface area contributed by atoms with E-state index in [1.165, 1.54) is 96.6 Å². The number of fused-ring (bicyclic) bond motifs is 9. The lowest BCUT2D eigenvalue weighted by molar-refractivity contribution is 0.401. The molecule has 3 unspecified atom stereocenters. The van der Waals surface area contributed by atoms with Crippen LogP contribution >= 0.6 is 103 Å². The van der Waals surface area contributed by atoms with Crippen LogP contribution in [0.5, 0.6) is 0 Å². The Balaban J connectivity index is 0.900. The van der Waals surface area contributed by atoms with Gasteiger partial charge >= 0.3 is 0 Å². The normalized spacial score (nSPS) is 13.8. The van der Waals surface area contributed by atoms with Gasteiger partial charge in [0.2, 0.25) is 0 Å². The lowest BCUT2D eigenvalue weighted by Gasteiger charge is -2.17. The number of thiophene rings is 7. The van der Waals surface area contributed by atoms with E-state index < -0.39 is 0 Å². The van der Waals surface area contributed by atoms with Gasteiger partial charge in [-0.15, -0.1) is 79.4 Å². The monoisotopic (exact) mass is 1150 g/mol. The van der Waals surface area contributed by atoms with Crippen molar-refractivity contribution in [3.63, 3.8) is 0 Å². The van der Waals surface area contributed by atoms with Gasteiger partial charge in [-0.05, 0) is 85.5 Å². The van der Waals surface area contributed by atoms with Crippen LogP contribution in [-0.2, 0) is 19.4 Å². The van der Waals surface area contributed by atoms with Gasteiger partial charge in [-0.3, -0.25) is 0 Å². The summed E-state index contributed by atoms with van der Waals surface area (Å²) in [5, 5.41) is 0. The van der Waals surface area contributed by atoms with E-state index in [9.17, 15) is 0 Å². The Morgan fingerprint density at radius 1 is 0.446 bits per heavy atom. The fraction of sp³-hybridized carbons (Fsp3) is 0.414. The third-order valence-electron chi connectivity index (χ3n) is 15.4. The van der Waals surface area contributed by atoms with Crippen LogP contribution in [0.3, 0.4) is 0 Å². The Bertz CT molecular complexity index is 3890. The van der Waals surface area contributed by atoms with Crippen molar-refractivity contribution < 1.29 is 8.78 Å². The van der Waals surface area contributed by atoms with Gasteiger partial charge in [0.15, 0.2) is 0 Å². The molecule has 0 aliphatic carbocycles. The fourth-order valence-corrected chi connectivity index (χ4v) is 21.4. The molecule has 74 heavy (non-hydrogen) atoms. The maximum atomic E-state index is 17.0. The van der Waals surface area contributed by atoms with Crippen molar-refractivity contribution >= 4 is 174 Å². The first kappa shape index (κ1) is 51.2. The van der Waals surface area contributed by atoms with E-state index in [-0.39, 0.29) is 11.6 Å². The van der Waals surface area contributed by atoms with Gasteiger partial charge in [-0.2, -0.15) is 17.5 Å². The highest BCUT2D eigenvalue weighted by Crippen LogP contribution is 2.53. The fourth-order valence-electron chi connectivity index (χ4n) is 11.1. The van der Waals surface area contributed by atoms with Crippen molar-refractivity contribution in [2.75, 3.05) is 0 Å². The van der Waals surface area contributed by atoms with Gasteiger partial charge in [0.25, 0.3) is 0 Å². The number of rotatable bonds is 22. The van der Waals surface area contributed by atoms with Crippen LogP contribution in [0.15, 0.2) is 48.5 Å². The van der Waals surface area contributed by atoms with Gasteiger partial charge in [-0.1, -0.05) is 112 Å². The molecule has 384 valence electrons. The quantitative estimate of drug-likeness (QED) is 0.0679. The first-order valence-corrected chi connectivity index (χ1v) is 33.8. The highest BCUT2D eigenvalue weighted by Gasteiger charge is 2.29. The Labute approximate surface area is 467 Å². The first-order chi connectivity index (χ1) is 36.2. The molecule has 10 heterocycles. The van der Waals surface area contributed by atoms with Crippen molar-refractivity contribution in [1.82, 2.24) is 22.1 Å². The van der Waals surface area contributed by atoms with Gasteiger partial charge in [0, 0.05) is 70.4 Å². The molecule has 0 radical (unpaired) electrons. The second-order valence-corrected chi connectivity index (χ2v) is 29.0. The molecular weight excluding hydrogens is 1090 g/mol. The second kappa shape index (κ2) is 21.7. The van der Waals surface area contributed by atoms with E-state index in [1.54, 1.807) is 68.8 Å². The topological polar surface area (TPSA) is 56.5 Å². The van der Waals surface area contributed by atoms with E-state index in [0.29, 0.717) is 28.1 Å². The smallest absolute Gasteiger partial charge is 0.134 e. The van der Waals surface area contributed by atoms with Crippen molar-refractivity contribution in [2.45, 2.75) is 138 Å². The van der Waals surface area contributed by atoms with E-state index in [2.05, 4.69) is 82.5 Å². The molecule has 12 rings (SSSR count). The molecule has 0 aliphatic rings. The number of hydrogen-bond acceptors (Lipinski definition) is 13. The summed E-state index contributed by atoms with van der Waals surface area (Å²) in [5.74, 6) is 1.39. The van der Waals surface area contributed by atoms with E-state index >= 15 is 8.78 Å². The predicted octanol–water partition coefficient (Wildman–Crippen LogP) is 22.4. The molecule has 0 bridgehead atoms. The molecule has 0 fully saturated rings. The Morgan fingerprint density at radius 3 is 1.41 bits per heavy atom. The van der Waals surface area contributed by atoms with Crippen LogP contribution in [0.2, 0.25) is 0 Å². The van der Waals surface area contributed by atoms with Crippen molar-refractivity contribution in [3.05, 3.63) is 69.9 Å². The number of nitrogens with zero attached hydrogens (tertiary/aromatic N) is 5. The highest BCUT2D eigenvalue weighted by atomic mass is 32.1. The predicted molar refractivity (Wildman–Crippen MR) is 328 cm³/mol. The Hall–Kier alpha value is -3.58. The molecule has 5 nitrogen and oxygen atoms in total. The van der Waals surface area contributed by atoms with Crippen LogP contribution < -0.4 is 0 Å². The SMILES string of the molecule is CCCCC(CC)Cc1cc2sc(-c3cc(F)c(-c4cc5c(s4)c4sc6cc(-c7c(F)cc(-c8cc9sc(CC(CC)CCCC)cc9s8)c8nsnc78)sc6c4n5CC(CC)CCCC)c4nsnc34)cc2s1. The average molecular weight is 1150 g/mol. The third kappa shape index (κ3) is 9.35. The minimum atomic E-state index is -0.265. The number of unbranched alkanes of at least 4 members (excludes halogenated alkanes) is 3. The average Bonchev–Trinajstić information content (AvgIpc) is 4.24. The highest BCUT2D eigenvalue weighted by molar-refractivity contribution is 7.37. The number of halogens is 2. The van der Waals surface area contributed by atoms with Gasteiger partial charge < -0.3 is 4.57 Å². The number of hydrogen-bond donors (Lipinski definition) is 0. The van der Waals surface area contributed by atoms with Crippen LogP contribution in [0.4, 0.5) is 8.78 Å². The summed E-state index contributed by atoms with van der Waals surface area (Å²) in [6, 6.07) is 17.0. The molecule has 2 aromatic carbocycles. The molecule has 0 amide bonds. The molecule has 16 heteroatoms. The number of aromatic nitrogens is 5. The third-order valence-corrected chi connectivity index (χ3v) is 24.9. The summed E-state index contributed by atoms with van der Waals surface area (Å²) in [7, 11) is 0. The van der Waals surface area contributed by atoms with Crippen molar-refractivity contribution in [2.24, 2.45) is 17.8 Å². The Kier molecular flexibility index (Phi) is 15.0. The van der Waals surface area contributed by atoms with Gasteiger partial charge in [0.1, 0.15) is 33.7 Å². The summed E-state index contributed by atoms with van der Waals surface area (Å²) < 4.78 is 65.4. The van der Waals surface area contributed by atoms with Gasteiger partial charge in [-0.25, -0.2) is 8.78 Å². The summed E-state index contributed by atoms with van der Waals surface area (Å²) in [6.45, 7) is 14.6. The van der Waals surface area contributed by atoms with E-state index in [0.717, 1.165) is 135 Å². The van der Waals surface area contributed by atoms with Crippen LogP contribution in [0.1, 0.15) is 128 Å². The molecular formula is C58H59F2N5S9. The molecule has 0 N–H and O–H groups in total. The van der Waals surface area contributed by atoms with Crippen LogP contribution in [-0.4, -0.2) is 22.1 Å². The Morgan fingerprint density at radius 2 is 0.905 bits per heavy atom. The summed E-state index contributed by atoms with van der Waals surface area (Å²) >= 11 is 14.6. The molecule has 0 spiro atoms. The largest absolute Gasteiger partial charge is 0.338 e. The summed E-state index contributed by atoms with van der Waals surface area (Å²) in [6.07, 6.45) is 16.8. The zero-order valence-corrected chi connectivity index (χ0v) is 50.0. The van der Waals surface area contributed by atoms with E-state index in [1.807, 2.05) is 22.7 Å². The standard InChI is InChI=1S/C58H59F2N5S9/c1-7-13-16-30(10-4)19-33-21-42-44(66-33)26-40(68-42)35-23-37(59)49(53-51(35)61-73-63-53)46-25-39-56(70-46)58-55(65(39)29-32(12-6)18-15-9-3)57-48(72-58)28-47(71-57)50-38(60)24-36(52-54(50)64-74-62-52)41-27-45-43(69-41)22-34(67-45)20-31(11-5)17-14-8-2/h21-28,30-32H,7-20,29H2,1-6H3. The molecule has 0 saturated heterocycles. The maximum Gasteiger partial charge on any atom is 0.134 e. The van der Waals surface area contributed by atoms with Crippen LogP contribution in [0.25, 0.3) is 112 Å². The molecule has 10 aromatic heterocycles. The van der Waals surface area contributed by atoms with Crippen LogP contribution in [0, 0.1) is 29.4 Å². The summed E-state index contributed by atoms with van der Waals surface area (Å²) in [4.78, 5) is 6.71. The zero-order valence-electron chi connectivity index (χ0n) is 42.6. The lowest BCUT2D eigenvalue weighted by Crippen LogP contribution is -2.09. The second-order valence-electron chi connectivity index (χ2n) is 20.3. The van der Waals surface area contributed by atoms with E-state index in [4.69, 9.17) is 17.5 Å². The minimum Gasteiger partial charge on any atom is -0.338 e. The minimum absolute atomic E-state index is 0.264.